The van der Waals surface area contributed by atoms with Gasteiger partial charge >= 0.3 is 0 Å². The molecule has 1 N–H and O–H groups in total. The molecule has 0 saturated carbocycles. The fourth-order valence-electron chi connectivity index (χ4n) is 3.23. The van der Waals surface area contributed by atoms with Crippen LogP contribution in [0.15, 0.2) is 24.3 Å². The van der Waals surface area contributed by atoms with E-state index in [1.807, 2.05) is 38.1 Å². The lowest BCUT2D eigenvalue weighted by Gasteiger charge is -2.34. The summed E-state index contributed by atoms with van der Waals surface area (Å²) in [6, 6.07) is 7.22. The van der Waals surface area contributed by atoms with E-state index in [1.54, 1.807) is 4.90 Å². The number of anilines is 1. The summed E-state index contributed by atoms with van der Waals surface area (Å²) < 4.78 is 0. The topological polar surface area (TPSA) is 75.2 Å². The molecule has 2 amide bonds. The number of likely N-dealkylation sites (tertiary alicyclic amines) is 1. The number of rotatable bonds is 5. The van der Waals surface area contributed by atoms with E-state index >= 15 is 0 Å². The van der Waals surface area contributed by atoms with Crippen LogP contribution in [-0.2, 0) is 9.59 Å². The van der Waals surface area contributed by atoms with Crippen molar-refractivity contribution in [3.63, 3.8) is 0 Å². The maximum atomic E-state index is 12.8. The van der Waals surface area contributed by atoms with Gasteiger partial charge in [0.25, 0.3) is 0 Å². The van der Waals surface area contributed by atoms with Gasteiger partial charge in [0.1, 0.15) is 16.1 Å². The van der Waals surface area contributed by atoms with E-state index in [0.717, 1.165) is 41.3 Å². The van der Waals surface area contributed by atoms with Crippen molar-refractivity contribution in [3.05, 3.63) is 29.3 Å². The van der Waals surface area contributed by atoms with E-state index in [4.69, 9.17) is 0 Å². The summed E-state index contributed by atoms with van der Waals surface area (Å²) in [5.74, 6) is -0.0369. The predicted octanol–water partition coefficient (Wildman–Crippen LogP) is 3.63. The summed E-state index contributed by atoms with van der Waals surface area (Å²) in [5.41, 5.74) is 1.64. The fourth-order valence-corrected chi connectivity index (χ4v) is 3.92. The van der Waals surface area contributed by atoms with Crippen LogP contribution in [0, 0.1) is 6.92 Å². The number of benzene rings is 1. The molecule has 1 aromatic carbocycles. The van der Waals surface area contributed by atoms with Crippen molar-refractivity contribution < 1.29 is 9.59 Å². The molecular weight excluding hydrogens is 348 g/mol. The van der Waals surface area contributed by atoms with E-state index < -0.39 is 0 Å². The van der Waals surface area contributed by atoms with E-state index in [9.17, 15) is 9.59 Å². The van der Waals surface area contributed by atoms with Crippen molar-refractivity contribution in [2.45, 2.75) is 52.0 Å². The van der Waals surface area contributed by atoms with Crippen LogP contribution >= 0.6 is 11.3 Å². The monoisotopic (exact) mass is 372 g/mol. The lowest BCUT2D eigenvalue weighted by atomic mass is 10.0. The van der Waals surface area contributed by atoms with Gasteiger partial charge in [-0.2, -0.15) is 0 Å². The normalized spacial score (nSPS) is 17.2. The van der Waals surface area contributed by atoms with Gasteiger partial charge in [0.05, 0.1) is 0 Å². The highest BCUT2D eigenvalue weighted by molar-refractivity contribution is 7.14. The second-order valence-corrected chi connectivity index (χ2v) is 7.73. The van der Waals surface area contributed by atoms with Crippen LogP contribution in [0.3, 0.4) is 0 Å². The Kier molecular flexibility index (Phi) is 5.98. The van der Waals surface area contributed by atoms with Gasteiger partial charge in [-0.15, -0.1) is 10.2 Å². The molecule has 1 saturated heterocycles. The number of aromatic nitrogens is 2. The average Bonchev–Trinajstić information content (AvgIpc) is 3.08. The number of aryl methyl sites for hydroxylation is 1. The molecule has 1 aliphatic rings. The number of carbonyl (C=O) groups excluding carboxylic acids is 2. The lowest BCUT2D eigenvalue weighted by molar-refractivity contribution is -0.140. The molecule has 6 nitrogen and oxygen atoms in total. The Morgan fingerprint density at radius 3 is 2.88 bits per heavy atom. The third-order valence-electron chi connectivity index (χ3n) is 4.49. The standard InChI is InChI=1S/C19H24N4O2S/c1-3-7-17(24)23-11-5-4-10-16(23)18(25)20-15-9-6-8-14(12-15)19-22-21-13(2)26-19/h6,8-9,12,16H,3-5,7,10-11H2,1-2H3,(H,20,25)/t16-/m1/s1. The molecule has 3 rings (SSSR count). The maximum absolute atomic E-state index is 12.8. The quantitative estimate of drug-likeness (QED) is 0.869. The Morgan fingerprint density at radius 2 is 2.15 bits per heavy atom. The van der Waals surface area contributed by atoms with E-state index in [-0.39, 0.29) is 17.9 Å². The lowest BCUT2D eigenvalue weighted by Crippen LogP contribution is -2.49. The van der Waals surface area contributed by atoms with E-state index in [0.29, 0.717) is 18.7 Å². The number of nitrogens with zero attached hydrogens (tertiary/aromatic N) is 3. The van der Waals surface area contributed by atoms with Crippen molar-refractivity contribution in [1.29, 1.82) is 0 Å². The number of carbonyl (C=O) groups is 2. The summed E-state index contributed by atoms with van der Waals surface area (Å²) in [6.07, 6.45) is 3.95. The summed E-state index contributed by atoms with van der Waals surface area (Å²) >= 11 is 1.52. The van der Waals surface area contributed by atoms with Gasteiger partial charge in [0.15, 0.2) is 0 Å². The minimum absolute atomic E-state index is 0.0745. The minimum Gasteiger partial charge on any atom is -0.331 e. The first-order valence-electron chi connectivity index (χ1n) is 9.09. The Labute approximate surface area is 157 Å². The van der Waals surface area contributed by atoms with Gasteiger partial charge in [-0.3, -0.25) is 9.59 Å². The molecule has 1 fully saturated rings. The molecule has 2 heterocycles. The highest BCUT2D eigenvalue weighted by Crippen LogP contribution is 2.26. The molecule has 1 atom stereocenters. The molecule has 1 aliphatic heterocycles. The van der Waals surface area contributed by atoms with Crippen LogP contribution < -0.4 is 5.32 Å². The van der Waals surface area contributed by atoms with Gasteiger partial charge in [0.2, 0.25) is 11.8 Å². The summed E-state index contributed by atoms with van der Waals surface area (Å²) in [7, 11) is 0. The van der Waals surface area contributed by atoms with Gasteiger partial charge in [-0.1, -0.05) is 30.4 Å². The fraction of sp³-hybridized carbons (Fsp3) is 0.474. The molecule has 1 aromatic heterocycles. The zero-order valence-corrected chi connectivity index (χ0v) is 16.0. The maximum Gasteiger partial charge on any atom is 0.247 e. The predicted molar refractivity (Wildman–Crippen MR) is 103 cm³/mol. The van der Waals surface area contributed by atoms with Gasteiger partial charge in [-0.25, -0.2) is 0 Å². The van der Waals surface area contributed by atoms with Crippen molar-refractivity contribution in [2.75, 3.05) is 11.9 Å². The van der Waals surface area contributed by atoms with Crippen LogP contribution in [0.25, 0.3) is 10.6 Å². The molecule has 0 unspecified atom stereocenters. The highest BCUT2D eigenvalue weighted by atomic mass is 32.1. The molecular formula is C19H24N4O2S. The molecule has 0 spiro atoms. The zero-order valence-electron chi connectivity index (χ0n) is 15.2. The van der Waals surface area contributed by atoms with E-state index in [1.165, 1.54) is 11.3 Å². The van der Waals surface area contributed by atoms with Crippen LogP contribution in [0.1, 0.15) is 44.0 Å². The van der Waals surface area contributed by atoms with Crippen molar-refractivity contribution >= 4 is 28.8 Å². The minimum atomic E-state index is -0.379. The number of hydrogen-bond donors (Lipinski definition) is 1. The van der Waals surface area contributed by atoms with Crippen molar-refractivity contribution in [2.24, 2.45) is 0 Å². The number of piperidine rings is 1. The van der Waals surface area contributed by atoms with Gasteiger partial charge < -0.3 is 10.2 Å². The first kappa shape index (κ1) is 18.5. The highest BCUT2D eigenvalue weighted by Gasteiger charge is 2.31. The third-order valence-corrected chi connectivity index (χ3v) is 5.38. The Hall–Kier alpha value is -2.28. The number of amides is 2. The van der Waals surface area contributed by atoms with Crippen LogP contribution in [0.4, 0.5) is 5.69 Å². The summed E-state index contributed by atoms with van der Waals surface area (Å²) in [4.78, 5) is 26.9. The number of hydrogen-bond acceptors (Lipinski definition) is 5. The van der Waals surface area contributed by atoms with Gasteiger partial charge in [-0.05, 0) is 44.7 Å². The van der Waals surface area contributed by atoms with Crippen LogP contribution in [-0.4, -0.2) is 39.5 Å². The van der Waals surface area contributed by atoms with Crippen LogP contribution in [0.2, 0.25) is 0 Å². The molecule has 7 heteroatoms. The number of nitrogens with one attached hydrogen (secondary N) is 1. The molecule has 0 radical (unpaired) electrons. The Bertz CT molecular complexity index is 789. The first-order valence-corrected chi connectivity index (χ1v) is 9.91. The average molecular weight is 372 g/mol. The zero-order chi connectivity index (χ0) is 18.5. The second-order valence-electron chi connectivity index (χ2n) is 6.55. The summed E-state index contributed by atoms with van der Waals surface area (Å²) in [6.45, 7) is 4.57. The van der Waals surface area contributed by atoms with Crippen LogP contribution in [0.5, 0.6) is 0 Å². The summed E-state index contributed by atoms with van der Waals surface area (Å²) in [5, 5.41) is 12.9. The van der Waals surface area contributed by atoms with Crippen molar-refractivity contribution in [1.82, 2.24) is 15.1 Å². The smallest absolute Gasteiger partial charge is 0.247 e. The molecule has 26 heavy (non-hydrogen) atoms. The Morgan fingerprint density at radius 1 is 1.31 bits per heavy atom. The molecule has 138 valence electrons. The van der Waals surface area contributed by atoms with Gasteiger partial charge in [0, 0.05) is 24.2 Å². The molecule has 2 aromatic rings. The molecule has 0 aliphatic carbocycles. The second kappa shape index (κ2) is 8.40. The first-order chi connectivity index (χ1) is 12.6. The molecule has 0 bridgehead atoms. The van der Waals surface area contributed by atoms with Crippen molar-refractivity contribution in [3.8, 4) is 10.6 Å². The van der Waals surface area contributed by atoms with E-state index in [2.05, 4.69) is 15.5 Å². The third kappa shape index (κ3) is 4.27. The largest absolute Gasteiger partial charge is 0.331 e. The SMILES string of the molecule is CCCC(=O)N1CCCC[C@@H]1C(=O)Nc1cccc(-c2nnc(C)s2)c1. The Balaban J connectivity index is 1.73.